The molecule has 1 aliphatic heterocycles. The molecule has 1 fully saturated rings. The minimum Gasteiger partial charge on any atom is -0.369 e. The smallest absolute Gasteiger partial charge is 0.180 e. The third-order valence-corrected chi connectivity index (χ3v) is 5.19. The van der Waals surface area contributed by atoms with E-state index in [4.69, 9.17) is 5.73 Å². The number of aromatic nitrogens is 3. The second-order valence-corrected chi connectivity index (χ2v) is 6.73. The fourth-order valence-corrected chi connectivity index (χ4v) is 3.84. The van der Waals surface area contributed by atoms with Gasteiger partial charge in [0.25, 0.3) is 0 Å². The molecule has 1 saturated heterocycles. The zero-order valence-corrected chi connectivity index (χ0v) is 13.1. The number of thiophene rings is 1. The van der Waals surface area contributed by atoms with Crippen molar-refractivity contribution in [2.24, 2.45) is 11.7 Å². The van der Waals surface area contributed by atoms with Crippen LogP contribution < -0.4 is 10.6 Å². The Kier molecular flexibility index (Phi) is 3.56. The predicted octanol–water partition coefficient (Wildman–Crippen LogP) is 2.86. The van der Waals surface area contributed by atoms with Gasteiger partial charge in [0.05, 0.1) is 10.6 Å². The topological polar surface area (TPSA) is 70.8 Å². The van der Waals surface area contributed by atoms with Gasteiger partial charge in [-0.25, -0.2) is 9.97 Å². The first-order chi connectivity index (χ1) is 10.8. The average Bonchev–Trinajstić information content (AvgIpc) is 3.23. The van der Waals surface area contributed by atoms with Gasteiger partial charge in [-0.1, -0.05) is 6.07 Å². The second kappa shape index (κ2) is 5.70. The number of aromatic amines is 1. The van der Waals surface area contributed by atoms with Gasteiger partial charge in [0, 0.05) is 19.3 Å². The van der Waals surface area contributed by atoms with Gasteiger partial charge < -0.3 is 15.6 Å². The molecule has 3 N–H and O–H groups in total. The number of nitrogens with one attached hydrogen (secondary N) is 1. The summed E-state index contributed by atoms with van der Waals surface area (Å²) in [6, 6.07) is 6.20. The molecule has 114 valence electrons. The Labute approximate surface area is 133 Å². The van der Waals surface area contributed by atoms with Crippen LogP contribution in [0.2, 0.25) is 0 Å². The number of nitrogens with two attached hydrogens (primary N) is 1. The molecule has 4 rings (SSSR count). The van der Waals surface area contributed by atoms with Crippen LogP contribution in [0.25, 0.3) is 21.9 Å². The van der Waals surface area contributed by atoms with E-state index in [-0.39, 0.29) is 0 Å². The van der Waals surface area contributed by atoms with Crippen molar-refractivity contribution in [1.82, 2.24) is 15.0 Å². The van der Waals surface area contributed by atoms with Crippen molar-refractivity contribution in [3.05, 3.63) is 29.8 Å². The van der Waals surface area contributed by atoms with Crippen LogP contribution in [-0.4, -0.2) is 34.6 Å². The predicted molar refractivity (Wildman–Crippen MR) is 91.2 cm³/mol. The van der Waals surface area contributed by atoms with Gasteiger partial charge in [0.1, 0.15) is 5.52 Å². The molecule has 0 bridgehead atoms. The highest BCUT2D eigenvalue weighted by atomic mass is 32.1. The molecule has 0 spiro atoms. The van der Waals surface area contributed by atoms with E-state index in [2.05, 4.69) is 37.4 Å². The minimum atomic E-state index is 0.580. The summed E-state index contributed by atoms with van der Waals surface area (Å²) < 4.78 is 0. The van der Waals surface area contributed by atoms with E-state index >= 15 is 0 Å². The van der Waals surface area contributed by atoms with Crippen molar-refractivity contribution in [3.63, 3.8) is 0 Å². The summed E-state index contributed by atoms with van der Waals surface area (Å²) in [4.78, 5) is 16.1. The number of piperidine rings is 1. The summed E-state index contributed by atoms with van der Waals surface area (Å²) in [7, 11) is 0. The van der Waals surface area contributed by atoms with Crippen LogP contribution in [-0.2, 0) is 0 Å². The van der Waals surface area contributed by atoms with Crippen molar-refractivity contribution in [3.8, 4) is 10.7 Å². The molecule has 1 atom stereocenters. The van der Waals surface area contributed by atoms with Crippen molar-refractivity contribution in [2.75, 3.05) is 24.5 Å². The minimum absolute atomic E-state index is 0.580. The van der Waals surface area contributed by atoms with Gasteiger partial charge in [0.2, 0.25) is 0 Å². The summed E-state index contributed by atoms with van der Waals surface area (Å²) in [6.07, 6.45) is 4.27. The summed E-state index contributed by atoms with van der Waals surface area (Å²) in [6.45, 7) is 2.85. The van der Waals surface area contributed by atoms with Crippen LogP contribution >= 0.6 is 11.3 Å². The van der Waals surface area contributed by atoms with Crippen LogP contribution in [0, 0.1) is 5.92 Å². The van der Waals surface area contributed by atoms with Crippen LogP contribution in [0.4, 0.5) is 5.69 Å². The highest BCUT2D eigenvalue weighted by molar-refractivity contribution is 7.13. The van der Waals surface area contributed by atoms with E-state index < -0.39 is 0 Å². The van der Waals surface area contributed by atoms with Crippen molar-refractivity contribution < 1.29 is 0 Å². The van der Waals surface area contributed by atoms with Gasteiger partial charge in [-0.3, -0.25) is 0 Å². The molecular weight excluding hydrogens is 294 g/mol. The van der Waals surface area contributed by atoms with Gasteiger partial charge in [0.15, 0.2) is 11.5 Å². The Hall–Kier alpha value is -1.92. The lowest BCUT2D eigenvalue weighted by Crippen LogP contribution is -2.38. The van der Waals surface area contributed by atoms with Gasteiger partial charge in [-0.15, -0.1) is 11.3 Å². The maximum Gasteiger partial charge on any atom is 0.180 e. The molecular formula is C16H19N5S. The number of hydrogen-bond donors (Lipinski definition) is 2. The number of rotatable bonds is 3. The molecule has 5 nitrogen and oxygen atoms in total. The van der Waals surface area contributed by atoms with E-state index in [0.717, 1.165) is 41.5 Å². The Balaban J connectivity index is 1.74. The first kappa shape index (κ1) is 13.7. The fraction of sp³-hybridized carbons (Fsp3) is 0.375. The lowest BCUT2D eigenvalue weighted by molar-refractivity contribution is 0.424. The molecule has 3 aromatic rings. The first-order valence-corrected chi connectivity index (χ1v) is 8.56. The molecule has 0 aromatic carbocycles. The molecule has 0 amide bonds. The standard InChI is InChI=1S/C16H19N5S/c17-9-11-3-1-7-21(10-11)12-5-6-18-16-14(12)19-15(20-16)13-4-2-8-22-13/h2,4-6,8,11H,1,3,7,9-10,17H2,(H,18,19,20). The van der Waals surface area contributed by atoms with Gasteiger partial charge in [-0.2, -0.15) is 0 Å². The normalized spacial score (nSPS) is 19.0. The average molecular weight is 313 g/mol. The third kappa shape index (κ3) is 2.38. The summed E-state index contributed by atoms with van der Waals surface area (Å²) >= 11 is 1.69. The molecule has 1 aliphatic rings. The molecule has 0 saturated carbocycles. The highest BCUT2D eigenvalue weighted by Crippen LogP contribution is 2.31. The zero-order valence-electron chi connectivity index (χ0n) is 12.3. The molecule has 4 heterocycles. The number of hydrogen-bond acceptors (Lipinski definition) is 5. The number of nitrogens with zero attached hydrogens (tertiary/aromatic N) is 3. The Morgan fingerprint density at radius 2 is 2.36 bits per heavy atom. The summed E-state index contributed by atoms with van der Waals surface area (Å²) in [5.74, 6) is 1.48. The lowest BCUT2D eigenvalue weighted by Gasteiger charge is -2.33. The largest absolute Gasteiger partial charge is 0.369 e. The summed E-state index contributed by atoms with van der Waals surface area (Å²) in [5.41, 5.74) is 8.88. The van der Waals surface area contributed by atoms with Crippen molar-refractivity contribution >= 4 is 28.2 Å². The number of fused-ring (bicyclic) bond motifs is 1. The molecule has 3 aromatic heterocycles. The number of H-pyrrole nitrogens is 1. The lowest BCUT2D eigenvalue weighted by atomic mass is 9.98. The number of pyridine rings is 1. The van der Waals surface area contributed by atoms with Crippen molar-refractivity contribution in [2.45, 2.75) is 12.8 Å². The van der Waals surface area contributed by atoms with E-state index in [9.17, 15) is 0 Å². The Morgan fingerprint density at radius 3 is 3.18 bits per heavy atom. The molecule has 22 heavy (non-hydrogen) atoms. The number of anilines is 1. The maximum atomic E-state index is 5.87. The van der Waals surface area contributed by atoms with Gasteiger partial charge >= 0.3 is 0 Å². The molecule has 1 unspecified atom stereocenters. The van der Waals surface area contributed by atoms with Crippen LogP contribution in [0.5, 0.6) is 0 Å². The Bertz CT molecular complexity index is 764. The Morgan fingerprint density at radius 1 is 1.41 bits per heavy atom. The van der Waals surface area contributed by atoms with Gasteiger partial charge in [-0.05, 0) is 42.8 Å². The SMILES string of the molecule is NCC1CCCN(c2ccnc3nc(-c4cccs4)[nH]c23)C1. The molecule has 0 aliphatic carbocycles. The van der Waals surface area contributed by atoms with E-state index in [1.54, 1.807) is 11.3 Å². The molecule has 0 radical (unpaired) electrons. The highest BCUT2D eigenvalue weighted by Gasteiger charge is 2.21. The first-order valence-electron chi connectivity index (χ1n) is 7.69. The van der Waals surface area contributed by atoms with Crippen LogP contribution in [0.15, 0.2) is 29.8 Å². The molecule has 6 heteroatoms. The second-order valence-electron chi connectivity index (χ2n) is 5.78. The van der Waals surface area contributed by atoms with Crippen molar-refractivity contribution in [1.29, 1.82) is 0 Å². The van der Waals surface area contributed by atoms with E-state index in [0.29, 0.717) is 5.92 Å². The van der Waals surface area contributed by atoms with Crippen LogP contribution in [0.3, 0.4) is 0 Å². The quantitative estimate of drug-likeness (QED) is 0.780. The third-order valence-electron chi connectivity index (χ3n) is 4.32. The fourth-order valence-electron chi connectivity index (χ4n) is 3.17. The zero-order chi connectivity index (χ0) is 14.9. The van der Waals surface area contributed by atoms with E-state index in [1.165, 1.54) is 18.5 Å². The van der Waals surface area contributed by atoms with E-state index in [1.807, 2.05) is 12.3 Å². The van der Waals surface area contributed by atoms with Crippen LogP contribution in [0.1, 0.15) is 12.8 Å². The summed E-state index contributed by atoms with van der Waals surface area (Å²) in [5, 5.41) is 2.06. The number of imidazole rings is 1. The maximum absolute atomic E-state index is 5.87. The monoisotopic (exact) mass is 313 g/mol.